The molecule has 0 bridgehead atoms. The average molecular weight is 1270 g/mol. The van der Waals surface area contributed by atoms with Crippen molar-refractivity contribution in [3.8, 4) is 0 Å². The monoisotopic (exact) mass is 1270 g/mol. The van der Waals surface area contributed by atoms with Gasteiger partial charge in [0.25, 0.3) is 16.8 Å². The zero-order valence-corrected chi connectivity index (χ0v) is 51.5. The van der Waals surface area contributed by atoms with Gasteiger partial charge in [-0.25, -0.2) is 19.2 Å². The lowest BCUT2D eigenvalue weighted by molar-refractivity contribution is -0.281. The van der Waals surface area contributed by atoms with Crippen LogP contribution in [0.25, 0.3) is 0 Å². The van der Waals surface area contributed by atoms with Crippen molar-refractivity contribution >= 4 is 23.9 Å². The summed E-state index contributed by atoms with van der Waals surface area (Å²) < 4.78 is 187. The standard InChI is InChI=1S/C67H87F9O13/c1-6-7-8-9-10-11-12-13-14-15-16-29-38-52(88-60(79)63(82-4,66(71,72)73)49-33-24-20-25-34-49)54-40-42-56(86-54)57-43-41-55(87-57)53(89-61(80)64(83-5,67(74,75)76)50-35-26-21-27-36-50)39-30-18-17-28-37-51(45-47-44-46(2)84-58(47)77)85-59(78)62(81-3,65(68,69)70)48-31-22-19-23-32-48/h19-27,31-36,44,46,51-57H,6-18,28-30,37-43,45H2,1-5H3/t46-,51+,52+,53+,54+,55+,56+,57+,62-,63-,64-/m0/s1. The van der Waals surface area contributed by atoms with Crippen molar-refractivity contribution < 1.29 is 101 Å². The predicted molar refractivity (Wildman–Crippen MR) is 311 cm³/mol. The molecule has 0 saturated carbocycles. The Morgan fingerprint density at radius 3 is 1.11 bits per heavy atom. The Morgan fingerprint density at radius 1 is 0.472 bits per heavy atom. The molecular formula is C67H87F9O13. The molecule has 22 heteroatoms. The number of unbranched alkanes of at least 4 members (excludes halogenated alkanes) is 14. The van der Waals surface area contributed by atoms with E-state index in [0.29, 0.717) is 25.7 Å². The van der Waals surface area contributed by atoms with Gasteiger partial charge in [0.05, 0.1) is 24.4 Å². The first-order chi connectivity index (χ1) is 42.4. The number of alkyl halides is 9. The van der Waals surface area contributed by atoms with E-state index in [1.165, 1.54) is 92.8 Å². The first kappa shape index (κ1) is 72.5. The van der Waals surface area contributed by atoms with Gasteiger partial charge in [-0.2, -0.15) is 39.5 Å². The van der Waals surface area contributed by atoms with Crippen LogP contribution < -0.4 is 0 Å². The van der Waals surface area contributed by atoms with E-state index in [4.69, 9.17) is 42.6 Å². The van der Waals surface area contributed by atoms with Crippen molar-refractivity contribution in [2.45, 2.75) is 252 Å². The highest BCUT2D eigenvalue weighted by atomic mass is 19.4. The predicted octanol–water partition coefficient (Wildman–Crippen LogP) is 15.8. The molecule has 3 aromatic carbocycles. The van der Waals surface area contributed by atoms with Gasteiger partial charge in [-0.05, 0) is 77.2 Å². The second-order valence-electron chi connectivity index (χ2n) is 23.4. The van der Waals surface area contributed by atoms with Crippen LogP contribution in [0.4, 0.5) is 39.5 Å². The molecule has 13 nitrogen and oxygen atoms in total. The van der Waals surface area contributed by atoms with Gasteiger partial charge in [0.15, 0.2) is 0 Å². The maximum absolute atomic E-state index is 15.3. The number of rotatable bonds is 37. The molecule has 0 aromatic heterocycles. The lowest BCUT2D eigenvalue weighted by Gasteiger charge is -2.35. The van der Waals surface area contributed by atoms with Crippen LogP contribution in [0.2, 0.25) is 0 Å². The summed E-state index contributed by atoms with van der Waals surface area (Å²) in [5, 5.41) is 0. The molecule has 3 aromatic rings. The molecule has 0 amide bonds. The summed E-state index contributed by atoms with van der Waals surface area (Å²) in [6, 6.07) is 19.0. The molecule has 89 heavy (non-hydrogen) atoms. The largest absolute Gasteiger partial charge is 0.459 e. The molecule has 2 saturated heterocycles. The van der Waals surface area contributed by atoms with Gasteiger partial charge in [-0.15, -0.1) is 0 Å². The molecule has 496 valence electrons. The highest BCUT2D eigenvalue weighted by molar-refractivity contribution is 5.91. The van der Waals surface area contributed by atoms with Crippen LogP contribution in [-0.2, 0) is 78.6 Å². The normalized spacial score (nSPS) is 22.0. The number of benzene rings is 3. The van der Waals surface area contributed by atoms with Crippen LogP contribution in [0, 0.1) is 0 Å². The summed E-state index contributed by atoms with van der Waals surface area (Å²) >= 11 is 0. The lowest BCUT2D eigenvalue weighted by Crippen LogP contribution is -2.53. The number of esters is 4. The van der Waals surface area contributed by atoms with Crippen molar-refractivity contribution in [1.82, 2.24) is 0 Å². The van der Waals surface area contributed by atoms with E-state index in [9.17, 15) is 32.3 Å². The van der Waals surface area contributed by atoms with E-state index in [1.54, 1.807) is 6.92 Å². The molecule has 2 fully saturated rings. The fourth-order valence-electron chi connectivity index (χ4n) is 12.4. The number of hydrogen-bond acceptors (Lipinski definition) is 13. The first-order valence-corrected chi connectivity index (χ1v) is 31.3. The number of halogens is 9. The minimum Gasteiger partial charge on any atom is -0.459 e. The summed E-state index contributed by atoms with van der Waals surface area (Å²) in [5.41, 5.74) is -12.0. The Balaban J connectivity index is 1.16. The number of carbonyl (C=O) groups excluding carboxylic acids is 4. The Bertz CT molecular complexity index is 2680. The topological polar surface area (TPSA) is 151 Å². The second kappa shape index (κ2) is 33.7. The maximum Gasteiger partial charge on any atom is 0.432 e. The maximum atomic E-state index is 15.3. The summed E-state index contributed by atoms with van der Waals surface area (Å²) in [6.45, 7) is 3.77. The van der Waals surface area contributed by atoms with Crippen LogP contribution in [0.5, 0.6) is 0 Å². The first-order valence-electron chi connectivity index (χ1n) is 31.3. The van der Waals surface area contributed by atoms with Crippen LogP contribution in [0.1, 0.15) is 185 Å². The highest BCUT2D eigenvalue weighted by Gasteiger charge is 2.67. The Kier molecular flexibility index (Phi) is 27.4. The van der Waals surface area contributed by atoms with Gasteiger partial charge in [-0.1, -0.05) is 181 Å². The van der Waals surface area contributed by atoms with Gasteiger partial charge < -0.3 is 42.6 Å². The van der Waals surface area contributed by atoms with E-state index in [1.807, 2.05) is 0 Å². The summed E-state index contributed by atoms with van der Waals surface area (Å²) in [6.07, 6.45) is -7.64. The third-order valence-electron chi connectivity index (χ3n) is 17.3. The molecule has 0 spiro atoms. The fourth-order valence-corrected chi connectivity index (χ4v) is 12.4. The van der Waals surface area contributed by atoms with Crippen LogP contribution in [0.3, 0.4) is 0 Å². The minimum atomic E-state index is -5.32. The number of ether oxygens (including phenoxy) is 9. The van der Waals surface area contributed by atoms with Crippen LogP contribution >= 0.6 is 0 Å². The Hall–Kier alpha value is -5.55. The lowest BCUT2D eigenvalue weighted by atomic mass is 9.92. The second-order valence-corrected chi connectivity index (χ2v) is 23.4. The Morgan fingerprint density at radius 2 is 0.798 bits per heavy atom. The molecule has 0 radical (unpaired) electrons. The molecule has 3 heterocycles. The van der Waals surface area contributed by atoms with Gasteiger partial charge in [0, 0.05) is 50.0 Å². The summed E-state index contributed by atoms with van der Waals surface area (Å²) in [5.74, 6) is -5.88. The minimum absolute atomic E-state index is 0.0353. The van der Waals surface area contributed by atoms with Crippen molar-refractivity contribution in [3.05, 3.63) is 119 Å². The molecule has 6 rings (SSSR count). The quantitative estimate of drug-likeness (QED) is 0.0233. The van der Waals surface area contributed by atoms with Gasteiger partial charge in [0.1, 0.15) is 24.4 Å². The van der Waals surface area contributed by atoms with Crippen LogP contribution in [0.15, 0.2) is 103 Å². The number of carbonyl (C=O) groups is 4. The fraction of sp³-hybridized carbons (Fsp3) is 0.642. The highest BCUT2D eigenvalue weighted by Crippen LogP contribution is 2.47. The van der Waals surface area contributed by atoms with E-state index < -0.39 is 125 Å². The zero-order valence-electron chi connectivity index (χ0n) is 51.5. The smallest absolute Gasteiger partial charge is 0.432 e. The molecule has 0 unspecified atom stereocenters. The van der Waals surface area contributed by atoms with Crippen molar-refractivity contribution in [2.75, 3.05) is 21.3 Å². The van der Waals surface area contributed by atoms with Crippen molar-refractivity contribution in [2.24, 2.45) is 0 Å². The van der Waals surface area contributed by atoms with Crippen molar-refractivity contribution in [3.63, 3.8) is 0 Å². The van der Waals surface area contributed by atoms with Gasteiger partial charge in [-0.3, -0.25) is 0 Å². The van der Waals surface area contributed by atoms with Gasteiger partial charge >= 0.3 is 42.4 Å². The molecule has 0 aliphatic carbocycles. The van der Waals surface area contributed by atoms with Crippen LogP contribution in [-0.4, -0.2) is 113 Å². The summed E-state index contributed by atoms with van der Waals surface area (Å²) in [7, 11) is 2.27. The molecule has 3 aliphatic rings. The zero-order chi connectivity index (χ0) is 64.9. The van der Waals surface area contributed by atoms with Gasteiger partial charge in [0.2, 0.25) is 0 Å². The summed E-state index contributed by atoms with van der Waals surface area (Å²) in [4.78, 5) is 54.8. The third kappa shape index (κ3) is 18.2. The average Bonchev–Trinajstić information content (AvgIpc) is 2.07. The van der Waals surface area contributed by atoms with E-state index in [-0.39, 0.29) is 63.4 Å². The van der Waals surface area contributed by atoms with Crippen molar-refractivity contribution in [1.29, 1.82) is 0 Å². The Labute approximate surface area is 516 Å². The molecule has 3 aliphatic heterocycles. The number of methoxy groups -OCH3 is 3. The molecular weight excluding hydrogens is 1180 g/mol. The third-order valence-corrected chi connectivity index (χ3v) is 17.3. The van der Waals surface area contributed by atoms with E-state index >= 15 is 26.3 Å². The molecule has 0 N–H and O–H groups in total. The number of hydrogen-bond donors (Lipinski definition) is 0. The SMILES string of the molecule is CCCCCCCCCCCCCC[C@@H](OC(=O)[C@@](OC)(c1ccccc1)C(F)(F)F)[C@H]1CC[C@H]([C@H]2CC[C@H]([C@@H](CCCCCC[C@H](CC3=C[C@H](C)OC3=O)OC(=O)[C@@](OC)(c3ccccc3)C(F)(F)F)OC(=O)[C@@](OC)(c3ccccc3)C(F)(F)F)O2)O1. The van der Waals surface area contributed by atoms with E-state index in [0.717, 1.165) is 96.3 Å². The molecule has 11 atom stereocenters. The van der Waals surface area contributed by atoms with E-state index in [2.05, 4.69) is 6.92 Å². The number of cyclic esters (lactones) is 1.